The first-order valence-electron chi connectivity index (χ1n) is 6.06. The van der Waals surface area contributed by atoms with E-state index in [1.807, 2.05) is 0 Å². The lowest BCUT2D eigenvalue weighted by atomic mass is 10.0. The number of ether oxygens (including phenoxy) is 1. The molecule has 0 aliphatic heterocycles. The Kier molecular flexibility index (Phi) is 5.03. The van der Waals surface area contributed by atoms with Crippen molar-refractivity contribution >= 4 is 0 Å². The Morgan fingerprint density at radius 2 is 2.19 bits per heavy atom. The lowest BCUT2D eigenvalue weighted by molar-refractivity contribution is -0.0353. The standard InChI is InChI=1S/C13H24N2O/c1-4-6-13(2,3)16-11-12-5-8-15(10-12)9-7-14/h5,8,10H,4,6-7,9,11,14H2,1-3H3. The van der Waals surface area contributed by atoms with Crippen molar-refractivity contribution in [2.24, 2.45) is 5.73 Å². The van der Waals surface area contributed by atoms with Crippen molar-refractivity contribution in [1.82, 2.24) is 4.57 Å². The van der Waals surface area contributed by atoms with E-state index in [-0.39, 0.29) is 5.60 Å². The van der Waals surface area contributed by atoms with Crippen LogP contribution in [0, 0.1) is 0 Å². The Labute approximate surface area is 98.6 Å². The van der Waals surface area contributed by atoms with Crippen LogP contribution >= 0.6 is 0 Å². The highest BCUT2D eigenvalue weighted by molar-refractivity contribution is 5.09. The molecule has 0 amide bonds. The van der Waals surface area contributed by atoms with Gasteiger partial charge >= 0.3 is 0 Å². The highest BCUT2D eigenvalue weighted by Crippen LogP contribution is 2.18. The van der Waals surface area contributed by atoms with Gasteiger partial charge in [-0.25, -0.2) is 0 Å². The number of nitrogens with two attached hydrogens (primary N) is 1. The van der Waals surface area contributed by atoms with Gasteiger partial charge in [-0.15, -0.1) is 0 Å². The number of nitrogens with zero attached hydrogens (tertiary/aromatic N) is 1. The van der Waals surface area contributed by atoms with Gasteiger partial charge in [-0.2, -0.15) is 0 Å². The van der Waals surface area contributed by atoms with E-state index in [1.54, 1.807) is 0 Å². The zero-order chi connectivity index (χ0) is 12.0. The average Bonchev–Trinajstić information content (AvgIpc) is 2.64. The topological polar surface area (TPSA) is 40.2 Å². The first-order chi connectivity index (χ1) is 7.57. The van der Waals surface area contributed by atoms with Crippen LogP contribution in [-0.2, 0) is 17.9 Å². The van der Waals surface area contributed by atoms with Gasteiger partial charge in [-0.05, 0) is 31.9 Å². The third-order valence-corrected chi connectivity index (χ3v) is 2.68. The molecule has 0 aliphatic carbocycles. The molecule has 1 aromatic heterocycles. The van der Waals surface area contributed by atoms with Crippen LogP contribution in [0.2, 0.25) is 0 Å². The SMILES string of the molecule is CCCC(C)(C)OCc1ccn(CCN)c1. The van der Waals surface area contributed by atoms with Crippen molar-refractivity contribution in [3.05, 3.63) is 24.0 Å². The van der Waals surface area contributed by atoms with Gasteiger partial charge in [-0.1, -0.05) is 13.3 Å². The van der Waals surface area contributed by atoms with Crippen molar-refractivity contribution in [1.29, 1.82) is 0 Å². The molecule has 0 atom stereocenters. The second-order valence-electron chi connectivity index (χ2n) is 4.84. The third kappa shape index (κ3) is 4.37. The highest BCUT2D eigenvalue weighted by Gasteiger charge is 2.16. The monoisotopic (exact) mass is 224 g/mol. The third-order valence-electron chi connectivity index (χ3n) is 2.68. The van der Waals surface area contributed by atoms with Gasteiger partial charge in [0.15, 0.2) is 0 Å². The normalized spacial score (nSPS) is 12.0. The van der Waals surface area contributed by atoms with Crippen LogP contribution in [0.4, 0.5) is 0 Å². The van der Waals surface area contributed by atoms with Crippen LogP contribution in [-0.4, -0.2) is 16.7 Å². The second kappa shape index (κ2) is 6.06. The summed E-state index contributed by atoms with van der Waals surface area (Å²) < 4.78 is 8.01. The van der Waals surface area contributed by atoms with Crippen molar-refractivity contribution in [2.45, 2.75) is 52.4 Å². The van der Waals surface area contributed by atoms with E-state index in [0.29, 0.717) is 13.2 Å². The minimum absolute atomic E-state index is 0.0231. The highest BCUT2D eigenvalue weighted by atomic mass is 16.5. The molecule has 0 radical (unpaired) electrons. The van der Waals surface area contributed by atoms with Crippen LogP contribution in [0.5, 0.6) is 0 Å². The van der Waals surface area contributed by atoms with E-state index >= 15 is 0 Å². The fourth-order valence-corrected chi connectivity index (χ4v) is 1.82. The minimum atomic E-state index is -0.0231. The molecule has 1 rings (SSSR count). The molecule has 0 aliphatic rings. The molecule has 1 heterocycles. The molecule has 0 spiro atoms. The zero-order valence-electron chi connectivity index (χ0n) is 10.7. The van der Waals surface area contributed by atoms with E-state index in [9.17, 15) is 0 Å². The van der Waals surface area contributed by atoms with Crippen molar-refractivity contribution in [2.75, 3.05) is 6.54 Å². The average molecular weight is 224 g/mol. The summed E-state index contributed by atoms with van der Waals surface area (Å²) in [6.45, 7) is 8.71. The predicted molar refractivity (Wildman–Crippen MR) is 67.3 cm³/mol. The Morgan fingerprint density at radius 3 is 2.81 bits per heavy atom. The molecule has 0 saturated carbocycles. The molecule has 3 heteroatoms. The van der Waals surface area contributed by atoms with E-state index in [0.717, 1.165) is 19.4 Å². The molecular weight excluding hydrogens is 200 g/mol. The van der Waals surface area contributed by atoms with Crippen LogP contribution in [0.25, 0.3) is 0 Å². The maximum absolute atomic E-state index is 5.90. The Morgan fingerprint density at radius 1 is 1.44 bits per heavy atom. The lowest BCUT2D eigenvalue weighted by Gasteiger charge is -2.24. The summed E-state index contributed by atoms with van der Waals surface area (Å²) in [4.78, 5) is 0. The summed E-state index contributed by atoms with van der Waals surface area (Å²) in [6, 6.07) is 2.09. The van der Waals surface area contributed by atoms with E-state index in [4.69, 9.17) is 10.5 Å². The summed E-state index contributed by atoms with van der Waals surface area (Å²) in [5, 5.41) is 0. The van der Waals surface area contributed by atoms with Gasteiger partial charge in [0.25, 0.3) is 0 Å². The van der Waals surface area contributed by atoms with E-state index in [1.165, 1.54) is 5.56 Å². The summed E-state index contributed by atoms with van der Waals surface area (Å²) in [5.74, 6) is 0. The molecule has 3 nitrogen and oxygen atoms in total. The second-order valence-corrected chi connectivity index (χ2v) is 4.84. The number of hydrogen-bond acceptors (Lipinski definition) is 2. The summed E-state index contributed by atoms with van der Waals surface area (Å²) in [5.41, 5.74) is 6.70. The van der Waals surface area contributed by atoms with Crippen molar-refractivity contribution < 1.29 is 4.74 Å². The van der Waals surface area contributed by atoms with Gasteiger partial charge in [0.1, 0.15) is 0 Å². The molecule has 0 unspecified atom stereocenters. The first-order valence-corrected chi connectivity index (χ1v) is 6.06. The predicted octanol–water partition coefficient (Wildman–Crippen LogP) is 2.54. The maximum Gasteiger partial charge on any atom is 0.0738 e. The molecule has 0 aromatic carbocycles. The van der Waals surface area contributed by atoms with E-state index < -0.39 is 0 Å². The summed E-state index contributed by atoms with van der Waals surface area (Å²) >= 11 is 0. The Balaban J connectivity index is 2.41. The first kappa shape index (κ1) is 13.3. The van der Waals surface area contributed by atoms with Crippen molar-refractivity contribution in [3.8, 4) is 0 Å². The van der Waals surface area contributed by atoms with Gasteiger partial charge in [0.2, 0.25) is 0 Å². The summed E-state index contributed by atoms with van der Waals surface area (Å²) in [6.07, 6.45) is 6.41. The Hall–Kier alpha value is -0.800. The van der Waals surface area contributed by atoms with Crippen LogP contribution in [0.3, 0.4) is 0 Å². The van der Waals surface area contributed by atoms with E-state index in [2.05, 4.69) is 43.8 Å². The lowest BCUT2D eigenvalue weighted by Crippen LogP contribution is -2.23. The molecule has 0 bridgehead atoms. The van der Waals surface area contributed by atoms with Crippen LogP contribution in [0.15, 0.2) is 18.5 Å². The molecule has 2 N–H and O–H groups in total. The smallest absolute Gasteiger partial charge is 0.0738 e. The maximum atomic E-state index is 5.90. The molecule has 16 heavy (non-hydrogen) atoms. The number of rotatable bonds is 7. The zero-order valence-corrected chi connectivity index (χ0v) is 10.7. The summed E-state index contributed by atoms with van der Waals surface area (Å²) in [7, 11) is 0. The molecule has 0 saturated heterocycles. The minimum Gasteiger partial charge on any atom is -0.371 e. The van der Waals surface area contributed by atoms with Gasteiger partial charge in [0.05, 0.1) is 12.2 Å². The van der Waals surface area contributed by atoms with Crippen molar-refractivity contribution in [3.63, 3.8) is 0 Å². The fraction of sp³-hybridized carbons (Fsp3) is 0.692. The largest absolute Gasteiger partial charge is 0.371 e. The molecule has 92 valence electrons. The van der Waals surface area contributed by atoms with Gasteiger partial charge in [0, 0.05) is 25.5 Å². The number of aromatic nitrogens is 1. The molecule has 0 fully saturated rings. The molecule has 1 aromatic rings. The van der Waals surface area contributed by atoms with Crippen LogP contribution < -0.4 is 5.73 Å². The Bertz CT molecular complexity index is 305. The molecular formula is C13H24N2O. The van der Waals surface area contributed by atoms with Gasteiger partial charge in [-0.3, -0.25) is 0 Å². The fourth-order valence-electron chi connectivity index (χ4n) is 1.82. The quantitative estimate of drug-likeness (QED) is 0.773. The van der Waals surface area contributed by atoms with Gasteiger partial charge < -0.3 is 15.0 Å². The van der Waals surface area contributed by atoms with Crippen LogP contribution in [0.1, 0.15) is 39.2 Å². The number of hydrogen-bond donors (Lipinski definition) is 1.